The molecule has 14 heteroatoms. The molecule has 2 aliphatic heterocycles. The van der Waals surface area contributed by atoms with Crippen molar-refractivity contribution in [3.63, 3.8) is 0 Å². The molecule has 7 nitrogen and oxygen atoms in total. The Balaban J connectivity index is 1.32. The van der Waals surface area contributed by atoms with Gasteiger partial charge < -0.3 is 14.8 Å². The number of nitrogens with one attached hydrogen (secondary N) is 1. The van der Waals surface area contributed by atoms with Crippen molar-refractivity contribution in [1.29, 1.82) is 0 Å². The number of benzene rings is 3. The van der Waals surface area contributed by atoms with Gasteiger partial charge in [0.15, 0.2) is 0 Å². The predicted molar refractivity (Wildman–Crippen MR) is 182 cm³/mol. The van der Waals surface area contributed by atoms with Crippen LogP contribution in [0.2, 0.25) is 10.0 Å². The number of halogens is 4. The second kappa shape index (κ2) is 15.1. The number of carbonyl (C=O) groups is 3. The third kappa shape index (κ3) is 7.68. The van der Waals surface area contributed by atoms with Crippen molar-refractivity contribution in [2.75, 3.05) is 18.6 Å². The van der Waals surface area contributed by atoms with Gasteiger partial charge in [0.25, 0.3) is 5.91 Å². The summed E-state index contributed by atoms with van der Waals surface area (Å²) in [6.45, 7) is 0.0167. The summed E-state index contributed by atoms with van der Waals surface area (Å²) in [6, 6.07) is 17.2. The average molecular weight is 775 g/mol. The van der Waals surface area contributed by atoms with Crippen molar-refractivity contribution in [3.05, 3.63) is 96.9 Å². The van der Waals surface area contributed by atoms with Crippen LogP contribution < -0.4 is 10.1 Å². The van der Waals surface area contributed by atoms with Gasteiger partial charge in [-0.2, -0.15) is 0 Å². The van der Waals surface area contributed by atoms with E-state index in [0.717, 1.165) is 20.5 Å². The van der Waals surface area contributed by atoms with Crippen LogP contribution in [-0.2, 0) is 31.6 Å². The number of ether oxygens (including phenoxy) is 2. The van der Waals surface area contributed by atoms with Gasteiger partial charge in [0.05, 0.1) is 17.9 Å². The molecular formula is C30H24BrCl3N2O5S3. The number of hydrogen-bond acceptors (Lipinski definition) is 8. The highest BCUT2D eigenvalue weighted by Crippen LogP contribution is 2.47. The Morgan fingerprint density at radius 1 is 1.07 bits per heavy atom. The van der Waals surface area contributed by atoms with E-state index in [4.69, 9.17) is 44.3 Å². The first-order valence-corrected chi connectivity index (χ1v) is 18.0. The number of β-lactam (4-membered cyclic amide) rings is 1. The van der Waals surface area contributed by atoms with Crippen molar-refractivity contribution >= 4 is 104 Å². The number of alkyl halides is 1. The molecular weight excluding hydrogens is 751 g/mol. The summed E-state index contributed by atoms with van der Waals surface area (Å²) in [5, 5.41) is 3.32. The van der Waals surface area contributed by atoms with Gasteiger partial charge in [-0.1, -0.05) is 53.2 Å². The molecule has 0 spiro atoms. The van der Waals surface area contributed by atoms with Gasteiger partial charge in [0.1, 0.15) is 29.5 Å². The highest BCUT2D eigenvalue weighted by Gasteiger charge is 2.54. The van der Waals surface area contributed by atoms with E-state index in [-0.39, 0.29) is 29.9 Å². The highest BCUT2D eigenvalue weighted by atomic mass is 79.9. The van der Waals surface area contributed by atoms with Crippen LogP contribution in [-0.4, -0.2) is 52.7 Å². The van der Waals surface area contributed by atoms with Crippen molar-refractivity contribution in [3.8, 4) is 5.75 Å². The number of carbonyl (C=O) groups excluding carboxylic acids is 3. The summed E-state index contributed by atoms with van der Waals surface area (Å²) in [5.41, 5.74) is 1.90. The number of fused-ring (bicyclic) bond motifs is 1. The van der Waals surface area contributed by atoms with Gasteiger partial charge in [-0.05, 0) is 69.5 Å². The summed E-state index contributed by atoms with van der Waals surface area (Å²) >= 11 is 25.9. The number of thioether (sulfide) groups is 3. The smallest absolute Gasteiger partial charge is 0.356 e. The van der Waals surface area contributed by atoms with Crippen molar-refractivity contribution in [2.45, 2.75) is 33.7 Å². The van der Waals surface area contributed by atoms with Gasteiger partial charge in [-0.25, -0.2) is 4.79 Å². The van der Waals surface area contributed by atoms with E-state index in [9.17, 15) is 14.4 Å². The Bertz CT molecular complexity index is 1630. The molecule has 0 unspecified atom stereocenters. The van der Waals surface area contributed by atoms with Crippen molar-refractivity contribution in [2.24, 2.45) is 0 Å². The molecule has 0 aliphatic carbocycles. The lowest BCUT2D eigenvalue weighted by Gasteiger charge is -2.49. The average Bonchev–Trinajstić information content (AvgIpc) is 3.02. The number of esters is 1. The monoisotopic (exact) mass is 772 g/mol. The van der Waals surface area contributed by atoms with Gasteiger partial charge in [0, 0.05) is 35.8 Å². The van der Waals surface area contributed by atoms with E-state index in [2.05, 4.69) is 21.2 Å². The molecule has 2 atom stereocenters. The van der Waals surface area contributed by atoms with Crippen LogP contribution in [0, 0.1) is 0 Å². The van der Waals surface area contributed by atoms with Crippen LogP contribution in [0.1, 0.15) is 11.1 Å². The molecule has 3 aromatic rings. The molecule has 0 bridgehead atoms. The van der Waals surface area contributed by atoms with E-state index in [1.807, 2.05) is 18.2 Å². The minimum absolute atomic E-state index is 0.0167. The number of amides is 2. The normalized spacial score (nSPS) is 17.6. The Labute approximate surface area is 290 Å². The summed E-state index contributed by atoms with van der Waals surface area (Å²) in [7, 11) is 1.58. The summed E-state index contributed by atoms with van der Waals surface area (Å²) < 4.78 is 11.7. The maximum absolute atomic E-state index is 13.6. The number of rotatable bonds is 11. The molecule has 1 saturated heterocycles. The topological polar surface area (TPSA) is 84.9 Å². The van der Waals surface area contributed by atoms with Gasteiger partial charge in [0.2, 0.25) is 5.91 Å². The summed E-state index contributed by atoms with van der Waals surface area (Å²) in [4.78, 5) is 43.6. The van der Waals surface area contributed by atoms with Crippen LogP contribution in [0.5, 0.6) is 5.75 Å². The fourth-order valence-electron chi connectivity index (χ4n) is 4.39. The lowest BCUT2D eigenvalue weighted by molar-refractivity contribution is -0.153. The Morgan fingerprint density at radius 2 is 1.80 bits per heavy atom. The van der Waals surface area contributed by atoms with Crippen LogP contribution in [0.3, 0.4) is 0 Å². The SMILES string of the molecule is COc1ccc(COC(=O)C2=C(Sc3ccc(CCl)cc3Br)CS[C@H]3[C@H](NC(=O)CSc4ccc(Cl)cc4Cl)C(=O)N23)cc1. The predicted octanol–water partition coefficient (Wildman–Crippen LogP) is 7.74. The first kappa shape index (κ1) is 33.4. The van der Waals surface area contributed by atoms with Crippen molar-refractivity contribution in [1.82, 2.24) is 10.2 Å². The van der Waals surface area contributed by atoms with Gasteiger partial charge >= 0.3 is 5.97 Å². The molecule has 1 fully saturated rings. The summed E-state index contributed by atoms with van der Waals surface area (Å²) in [6.07, 6.45) is 0. The lowest BCUT2D eigenvalue weighted by atomic mass is 10.1. The first-order chi connectivity index (χ1) is 21.2. The zero-order chi connectivity index (χ0) is 31.4. The van der Waals surface area contributed by atoms with Crippen LogP contribution in [0.25, 0.3) is 0 Å². The first-order valence-electron chi connectivity index (χ1n) is 13.1. The third-order valence-corrected chi connectivity index (χ3v) is 12.2. The zero-order valence-electron chi connectivity index (χ0n) is 23.0. The van der Waals surface area contributed by atoms with E-state index < -0.39 is 17.4 Å². The molecule has 2 heterocycles. The molecule has 230 valence electrons. The van der Waals surface area contributed by atoms with Gasteiger partial charge in [-0.15, -0.1) is 35.1 Å². The molecule has 1 N–H and O–H groups in total. The fraction of sp³-hybridized carbons (Fsp3) is 0.233. The Morgan fingerprint density at radius 3 is 2.48 bits per heavy atom. The lowest BCUT2D eigenvalue weighted by Crippen LogP contribution is -2.70. The number of hydrogen-bond donors (Lipinski definition) is 1. The molecule has 2 aliphatic rings. The van der Waals surface area contributed by atoms with Crippen LogP contribution in [0.15, 0.2) is 85.5 Å². The second-order valence-corrected chi connectivity index (χ2v) is 14.7. The molecule has 5 rings (SSSR count). The van der Waals surface area contributed by atoms with Crippen LogP contribution in [0.4, 0.5) is 0 Å². The molecule has 44 heavy (non-hydrogen) atoms. The molecule has 0 saturated carbocycles. The molecule has 2 amide bonds. The number of methoxy groups -OCH3 is 1. The van der Waals surface area contributed by atoms with E-state index >= 15 is 0 Å². The maximum Gasteiger partial charge on any atom is 0.356 e. The minimum Gasteiger partial charge on any atom is -0.497 e. The quantitative estimate of drug-likeness (QED) is 0.0918. The minimum atomic E-state index is -0.778. The van der Waals surface area contributed by atoms with Gasteiger partial charge in [-0.3, -0.25) is 14.5 Å². The zero-order valence-corrected chi connectivity index (χ0v) is 29.3. The maximum atomic E-state index is 13.6. The standard InChI is InChI=1S/C30H24BrCl3N2O5S3/c1-40-19-6-2-16(3-7-19)13-41-30(39)27-24(44-22-8-4-17(12-32)10-20(22)31)14-43-29-26(28(38)36(27)29)35-25(37)15-42-23-9-5-18(33)11-21(23)34/h2-11,26,29H,12-15H2,1H3,(H,35,37)/t26-,29+/m1/s1. The molecule has 0 aromatic heterocycles. The molecule has 0 radical (unpaired) electrons. The van der Waals surface area contributed by atoms with E-state index in [1.165, 1.54) is 40.2 Å². The van der Waals surface area contributed by atoms with Crippen molar-refractivity contribution < 1.29 is 23.9 Å². The second-order valence-electron chi connectivity index (χ2n) is 9.51. The Hall–Kier alpha value is -1.99. The largest absolute Gasteiger partial charge is 0.497 e. The fourth-order valence-corrected chi connectivity index (χ4v) is 9.00. The molecule has 3 aromatic carbocycles. The summed E-state index contributed by atoms with van der Waals surface area (Å²) in [5.74, 6) is 0.237. The number of nitrogens with zero attached hydrogens (tertiary/aromatic N) is 1. The van der Waals surface area contributed by atoms with E-state index in [0.29, 0.717) is 37.2 Å². The van der Waals surface area contributed by atoms with E-state index in [1.54, 1.807) is 49.6 Å². The highest BCUT2D eigenvalue weighted by molar-refractivity contribution is 9.10. The van der Waals surface area contributed by atoms with Crippen LogP contribution >= 0.6 is 86.0 Å². The third-order valence-electron chi connectivity index (χ3n) is 6.61. The Kier molecular flexibility index (Phi) is 11.4.